The molecule has 33 heavy (non-hydrogen) atoms. The molecule has 2 aromatic carbocycles. The number of aliphatic hydroxyl groups excluding tert-OH is 1. The van der Waals surface area contributed by atoms with Crippen molar-refractivity contribution in [1.82, 2.24) is 15.1 Å². The fraction of sp³-hybridized carbons (Fsp3) is 0.360. The fourth-order valence-corrected chi connectivity index (χ4v) is 3.79. The van der Waals surface area contributed by atoms with Crippen molar-refractivity contribution in [3.8, 4) is 28.4 Å². The number of amides is 1. The van der Waals surface area contributed by atoms with E-state index in [2.05, 4.69) is 24.3 Å². The summed E-state index contributed by atoms with van der Waals surface area (Å²) < 4.78 is 26.2. The maximum absolute atomic E-state index is 13.6. The van der Waals surface area contributed by atoms with Crippen LogP contribution in [0.3, 0.4) is 0 Å². The Bertz CT molecular complexity index is 1060. The van der Waals surface area contributed by atoms with Crippen LogP contribution in [0.4, 0.5) is 4.39 Å². The zero-order valence-electron chi connectivity index (χ0n) is 19.3. The Balaban J connectivity index is 2.10. The Morgan fingerprint density at radius 3 is 2.30 bits per heavy atom. The van der Waals surface area contributed by atoms with E-state index in [-0.39, 0.29) is 30.1 Å². The molecule has 0 aliphatic heterocycles. The van der Waals surface area contributed by atoms with E-state index in [0.717, 1.165) is 6.42 Å². The van der Waals surface area contributed by atoms with Gasteiger partial charge in [0.25, 0.3) is 5.91 Å². The van der Waals surface area contributed by atoms with Gasteiger partial charge in [-0.2, -0.15) is 5.10 Å². The molecule has 0 saturated heterocycles. The maximum Gasteiger partial charge on any atom is 0.272 e. The highest BCUT2D eigenvalue weighted by atomic mass is 19.1. The number of hydrogen-bond donors (Lipinski definition) is 2. The summed E-state index contributed by atoms with van der Waals surface area (Å²) in [5, 5.41) is 16.9. The Hall–Kier alpha value is -3.39. The number of carbonyl (C=O) groups excluding carboxylic acids is 1. The van der Waals surface area contributed by atoms with Gasteiger partial charge < -0.3 is 19.9 Å². The van der Waals surface area contributed by atoms with E-state index in [0.29, 0.717) is 40.8 Å². The second kappa shape index (κ2) is 11.0. The fourth-order valence-electron chi connectivity index (χ4n) is 3.79. The molecule has 176 valence electrons. The van der Waals surface area contributed by atoms with E-state index in [1.807, 2.05) is 0 Å². The molecule has 1 heterocycles. The third-order valence-corrected chi connectivity index (χ3v) is 5.27. The van der Waals surface area contributed by atoms with Gasteiger partial charge in [-0.05, 0) is 61.2 Å². The van der Waals surface area contributed by atoms with Crippen molar-refractivity contribution in [2.75, 3.05) is 20.8 Å². The van der Waals surface area contributed by atoms with Crippen LogP contribution in [0, 0.1) is 11.7 Å². The number of aliphatic hydroxyl groups is 1. The van der Waals surface area contributed by atoms with Crippen molar-refractivity contribution < 1.29 is 23.8 Å². The van der Waals surface area contributed by atoms with Crippen LogP contribution < -0.4 is 14.8 Å². The van der Waals surface area contributed by atoms with Crippen molar-refractivity contribution >= 4 is 5.91 Å². The number of rotatable bonds is 10. The quantitative estimate of drug-likeness (QED) is 0.478. The lowest BCUT2D eigenvalue weighted by Gasteiger charge is -2.19. The van der Waals surface area contributed by atoms with E-state index in [1.54, 1.807) is 55.3 Å². The maximum atomic E-state index is 13.6. The van der Waals surface area contributed by atoms with Gasteiger partial charge in [-0.3, -0.25) is 4.79 Å². The Labute approximate surface area is 193 Å². The number of methoxy groups -OCH3 is 2. The number of nitrogens with zero attached hydrogens (tertiary/aromatic N) is 2. The van der Waals surface area contributed by atoms with Gasteiger partial charge in [0.15, 0.2) is 5.69 Å². The summed E-state index contributed by atoms with van der Waals surface area (Å²) in [7, 11) is 3.10. The van der Waals surface area contributed by atoms with Gasteiger partial charge in [-0.15, -0.1) is 0 Å². The Morgan fingerprint density at radius 2 is 1.76 bits per heavy atom. The molecule has 2 N–H and O–H groups in total. The zero-order chi connectivity index (χ0) is 24.0. The molecule has 0 bridgehead atoms. The summed E-state index contributed by atoms with van der Waals surface area (Å²) in [5.41, 5.74) is 1.94. The number of carbonyl (C=O) groups is 1. The molecule has 8 heteroatoms. The first-order valence-corrected chi connectivity index (χ1v) is 10.9. The molecule has 0 radical (unpaired) electrons. The molecule has 0 unspecified atom stereocenters. The standard InChI is InChI=1S/C25H30FN3O4/c1-16(2)14-18(12-13-30)27-25(31)20-15-21(24-22(32-3)6-5-7-23(24)33-4)29(28-20)19-10-8-17(26)9-11-19/h5-11,15-16,18,30H,12-14H2,1-4H3,(H,27,31)/t18-/m1/s1. The third kappa shape index (κ3) is 5.70. The highest BCUT2D eigenvalue weighted by molar-refractivity contribution is 5.94. The monoisotopic (exact) mass is 455 g/mol. The van der Waals surface area contributed by atoms with E-state index < -0.39 is 0 Å². The van der Waals surface area contributed by atoms with Crippen LogP contribution in [0.1, 0.15) is 37.2 Å². The summed E-state index contributed by atoms with van der Waals surface area (Å²) in [6, 6.07) is 12.7. The van der Waals surface area contributed by atoms with Crippen LogP contribution in [-0.4, -0.2) is 47.7 Å². The van der Waals surface area contributed by atoms with Gasteiger partial charge in [-0.1, -0.05) is 19.9 Å². The summed E-state index contributed by atoms with van der Waals surface area (Å²) in [6.07, 6.45) is 1.19. The van der Waals surface area contributed by atoms with Crippen molar-refractivity contribution in [3.05, 3.63) is 60.0 Å². The molecule has 0 aliphatic rings. The van der Waals surface area contributed by atoms with Crippen molar-refractivity contribution in [1.29, 1.82) is 0 Å². The largest absolute Gasteiger partial charge is 0.496 e. The molecule has 0 saturated carbocycles. The minimum atomic E-state index is -0.374. The smallest absolute Gasteiger partial charge is 0.272 e. The molecule has 3 rings (SSSR count). The van der Waals surface area contributed by atoms with Crippen LogP contribution in [-0.2, 0) is 0 Å². The lowest BCUT2D eigenvalue weighted by atomic mass is 10.0. The topological polar surface area (TPSA) is 85.6 Å². The molecule has 7 nitrogen and oxygen atoms in total. The van der Waals surface area contributed by atoms with Crippen molar-refractivity contribution in [2.24, 2.45) is 5.92 Å². The highest BCUT2D eigenvalue weighted by Crippen LogP contribution is 2.39. The molecular weight excluding hydrogens is 425 g/mol. The minimum Gasteiger partial charge on any atom is -0.496 e. The first-order chi connectivity index (χ1) is 15.9. The summed E-state index contributed by atoms with van der Waals surface area (Å²) in [4.78, 5) is 13.1. The van der Waals surface area contributed by atoms with E-state index in [1.165, 1.54) is 12.1 Å². The molecule has 0 aliphatic carbocycles. The summed E-state index contributed by atoms with van der Waals surface area (Å²) in [6.45, 7) is 4.10. The zero-order valence-corrected chi connectivity index (χ0v) is 19.3. The average Bonchev–Trinajstić information content (AvgIpc) is 3.23. The second-order valence-electron chi connectivity index (χ2n) is 8.15. The van der Waals surface area contributed by atoms with E-state index in [4.69, 9.17) is 9.47 Å². The number of benzene rings is 2. The second-order valence-corrected chi connectivity index (χ2v) is 8.15. The van der Waals surface area contributed by atoms with Crippen molar-refractivity contribution in [3.63, 3.8) is 0 Å². The normalized spacial score (nSPS) is 12.0. The van der Waals surface area contributed by atoms with Gasteiger partial charge in [0.1, 0.15) is 17.3 Å². The summed E-state index contributed by atoms with van der Waals surface area (Å²) in [5.74, 6) is 0.711. The Morgan fingerprint density at radius 1 is 1.12 bits per heavy atom. The van der Waals surface area contributed by atoms with E-state index >= 15 is 0 Å². The van der Waals surface area contributed by atoms with E-state index in [9.17, 15) is 14.3 Å². The lowest BCUT2D eigenvalue weighted by Crippen LogP contribution is -2.36. The average molecular weight is 456 g/mol. The first-order valence-electron chi connectivity index (χ1n) is 10.9. The highest BCUT2D eigenvalue weighted by Gasteiger charge is 2.24. The van der Waals surface area contributed by atoms with Crippen LogP contribution >= 0.6 is 0 Å². The van der Waals surface area contributed by atoms with Crippen LogP contribution in [0.2, 0.25) is 0 Å². The minimum absolute atomic E-state index is 0.0225. The molecule has 0 fully saturated rings. The number of hydrogen-bond acceptors (Lipinski definition) is 5. The number of aromatic nitrogens is 2. The van der Waals surface area contributed by atoms with Gasteiger partial charge in [-0.25, -0.2) is 9.07 Å². The van der Waals surface area contributed by atoms with Gasteiger partial charge in [0.2, 0.25) is 0 Å². The third-order valence-electron chi connectivity index (χ3n) is 5.27. The molecule has 1 aromatic heterocycles. The van der Waals surface area contributed by atoms with Gasteiger partial charge in [0.05, 0.1) is 31.2 Å². The lowest BCUT2D eigenvalue weighted by molar-refractivity contribution is 0.0919. The Kier molecular flexibility index (Phi) is 8.06. The molecule has 0 spiro atoms. The molecule has 1 amide bonds. The first kappa shape index (κ1) is 24.3. The van der Waals surface area contributed by atoms with Crippen LogP contribution in [0.15, 0.2) is 48.5 Å². The van der Waals surface area contributed by atoms with Crippen LogP contribution in [0.5, 0.6) is 11.5 Å². The predicted octanol–water partition coefficient (Wildman–Crippen LogP) is 4.22. The van der Waals surface area contributed by atoms with Crippen molar-refractivity contribution in [2.45, 2.75) is 32.7 Å². The number of ether oxygens (including phenoxy) is 2. The number of nitrogens with one attached hydrogen (secondary N) is 1. The number of halogens is 1. The van der Waals surface area contributed by atoms with Gasteiger partial charge >= 0.3 is 0 Å². The SMILES string of the molecule is COc1cccc(OC)c1-c1cc(C(=O)N[C@H](CCO)CC(C)C)nn1-c1ccc(F)cc1. The van der Waals surface area contributed by atoms with Crippen LogP contribution in [0.25, 0.3) is 16.9 Å². The van der Waals surface area contributed by atoms with Gasteiger partial charge in [0, 0.05) is 12.6 Å². The summed E-state index contributed by atoms with van der Waals surface area (Å²) >= 11 is 0. The predicted molar refractivity (Wildman–Crippen MR) is 124 cm³/mol. The molecular formula is C25H30FN3O4. The molecule has 3 aromatic rings. The molecule has 1 atom stereocenters.